The minimum Gasteiger partial charge on any atom is -0.486 e. The summed E-state index contributed by atoms with van der Waals surface area (Å²) in [4.78, 5) is 15.0. The summed E-state index contributed by atoms with van der Waals surface area (Å²) < 4.78 is 11.6. The van der Waals surface area contributed by atoms with Gasteiger partial charge in [-0.05, 0) is 43.1 Å². The molecule has 0 aliphatic carbocycles. The first-order valence-corrected chi connectivity index (χ1v) is 10.2. The first-order chi connectivity index (χ1) is 13.7. The molecule has 2 aromatic rings. The molecule has 0 radical (unpaired) electrons. The fourth-order valence-corrected chi connectivity index (χ4v) is 4.00. The lowest BCUT2D eigenvalue weighted by Gasteiger charge is -2.33. The zero-order valence-electron chi connectivity index (χ0n) is 15.8. The molecule has 1 amide bonds. The molecule has 2 aliphatic rings. The maximum Gasteiger partial charge on any atom is 0.224 e. The molecule has 1 saturated heterocycles. The Hall–Kier alpha value is -2.24. The number of rotatable bonds is 5. The summed E-state index contributed by atoms with van der Waals surface area (Å²) in [7, 11) is 0. The minimum atomic E-state index is -0.165. The predicted molar refractivity (Wildman–Crippen MR) is 109 cm³/mol. The van der Waals surface area contributed by atoms with E-state index in [4.69, 9.17) is 21.1 Å². The van der Waals surface area contributed by atoms with Crippen molar-refractivity contribution in [3.63, 3.8) is 0 Å². The number of likely N-dealkylation sites (tertiary alicyclic amines) is 1. The number of hydrogen-bond acceptors (Lipinski definition) is 4. The number of carbonyl (C=O) groups is 1. The second-order valence-electron chi connectivity index (χ2n) is 7.41. The van der Waals surface area contributed by atoms with Crippen LogP contribution in [-0.2, 0) is 11.3 Å². The van der Waals surface area contributed by atoms with Crippen LogP contribution in [0.15, 0.2) is 48.5 Å². The average Bonchev–Trinajstić information content (AvgIpc) is 2.74. The molecule has 0 saturated carbocycles. The highest BCUT2D eigenvalue weighted by molar-refractivity contribution is 6.31. The third kappa shape index (κ3) is 4.59. The molecule has 1 N–H and O–H groups in total. The Balaban J connectivity index is 1.27. The third-order valence-electron chi connectivity index (χ3n) is 5.30. The van der Waals surface area contributed by atoms with Crippen LogP contribution in [0.3, 0.4) is 0 Å². The van der Waals surface area contributed by atoms with Crippen molar-refractivity contribution in [3.05, 3.63) is 59.1 Å². The molecule has 2 heterocycles. The molecule has 1 fully saturated rings. The summed E-state index contributed by atoms with van der Waals surface area (Å²) in [6.45, 7) is 3.42. The number of piperidine rings is 1. The summed E-state index contributed by atoms with van der Waals surface area (Å²) in [5.41, 5.74) is 1.11. The highest BCUT2D eigenvalue weighted by Gasteiger charge is 2.27. The number of para-hydroxylation sites is 2. The van der Waals surface area contributed by atoms with Crippen molar-refractivity contribution in [1.82, 2.24) is 10.2 Å². The van der Waals surface area contributed by atoms with Gasteiger partial charge in [-0.15, -0.1) is 0 Å². The van der Waals surface area contributed by atoms with Crippen LogP contribution in [0.1, 0.15) is 18.4 Å². The monoisotopic (exact) mass is 400 g/mol. The van der Waals surface area contributed by atoms with Crippen LogP contribution in [0.2, 0.25) is 5.02 Å². The number of halogens is 1. The normalized spacial score (nSPS) is 21.9. The number of benzene rings is 2. The van der Waals surface area contributed by atoms with E-state index < -0.39 is 0 Å². The number of fused-ring (bicyclic) bond motifs is 1. The van der Waals surface area contributed by atoms with Gasteiger partial charge >= 0.3 is 0 Å². The topological polar surface area (TPSA) is 50.8 Å². The summed E-state index contributed by atoms with van der Waals surface area (Å²) >= 11 is 6.28. The van der Waals surface area contributed by atoms with Gasteiger partial charge in [0, 0.05) is 18.1 Å². The molecule has 2 aromatic carbocycles. The van der Waals surface area contributed by atoms with Crippen LogP contribution in [0.25, 0.3) is 0 Å². The molecule has 5 nitrogen and oxygen atoms in total. The molecule has 2 unspecified atom stereocenters. The first kappa shape index (κ1) is 19.1. The molecule has 2 atom stereocenters. The Kier molecular flexibility index (Phi) is 6.03. The van der Waals surface area contributed by atoms with Gasteiger partial charge in [0.2, 0.25) is 5.91 Å². The van der Waals surface area contributed by atoms with Gasteiger partial charge in [0.25, 0.3) is 0 Å². The van der Waals surface area contributed by atoms with Gasteiger partial charge in [0.05, 0.1) is 12.5 Å². The van der Waals surface area contributed by atoms with E-state index in [1.54, 1.807) is 0 Å². The van der Waals surface area contributed by atoms with Crippen molar-refractivity contribution in [2.45, 2.75) is 25.5 Å². The average molecular weight is 401 g/mol. The number of ether oxygens (including phenoxy) is 2. The highest BCUT2D eigenvalue weighted by Crippen LogP contribution is 2.30. The number of carbonyl (C=O) groups excluding carboxylic acids is 1. The van der Waals surface area contributed by atoms with Crippen LogP contribution in [0.5, 0.6) is 11.5 Å². The summed E-state index contributed by atoms with van der Waals surface area (Å²) in [5.74, 6) is 1.57. The Bertz CT molecular complexity index is 829. The fourth-order valence-electron chi connectivity index (χ4n) is 3.80. The lowest BCUT2D eigenvalue weighted by atomic mass is 9.96. The van der Waals surface area contributed by atoms with Gasteiger partial charge in [0.15, 0.2) is 11.5 Å². The van der Waals surface area contributed by atoms with E-state index in [2.05, 4.69) is 10.2 Å². The van der Waals surface area contributed by atoms with Gasteiger partial charge < -0.3 is 14.8 Å². The standard InChI is InChI=1S/C22H25ClN2O3/c23-19-8-2-1-6-16(19)13-25-11-5-7-17(14-25)22(26)24-12-18-15-27-20-9-3-4-10-21(20)28-18/h1-4,6,8-10,17-18H,5,7,11-15H2,(H,24,26). The quantitative estimate of drug-likeness (QED) is 0.834. The van der Waals surface area contributed by atoms with Gasteiger partial charge in [0.1, 0.15) is 12.7 Å². The number of nitrogens with zero attached hydrogens (tertiary/aromatic N) is 1. The van der Waals surface area contributed by atoms with E-state index in [1.807, 2.05) is 48.5 Å². The van der Waals surface area contributed by atoms with Gasteiger partial charge in [-0.1, -0.05) is 41.9 Å². The molecule has 6 heteroatoms. The van der Waals surface area contributed by atoms with E-state index in [1.165, 1.54) is 0 Å². The molecule has 2 aliphatic heterocycles. The van der Waals surface area contributed by atoms with E-state index in [9.17, 15) is 4.79 Å². The lowest BCUT2D eigenvalue weighted by molar-refractivity contribution is -0.127. The Morgan fingerprint density at radius 2 is 1.93 bits per heavy atom. The van der Waals surface area contributed by atoms with Crippen LogP contribution >= 0.6 is 11.6 Å². The van der Waals surface area contributed by atoms with Crippen molar-refractivity contribution in [3.8, 4) is 11.5 Å². The zero-order chi connectivity index (χ0) is 19.3. The van der Waals surface area contributed by atoms with Crippen molar-refractivity contribution < 1.29 is 14.3 Å². The van der Waals surface area contributed by atoms with Crippen LogP contribution < -0.4 is 14.8 Å². The summed E-state index contributed by atoms with van der Waals surface area (Å²) in [6, 6.07) is 15.5. The molecule has 0 aromatic heterocycles. The van der Waals surface area contributed by atoms with Crippen molar-refractivity contribution in [2.75, 3.05) is 26.2 Å². The first-order valence-electron chi connectivity index (χ1n) is 9.81. The third-order valence-corrected chi connectivity index (χ3v) is 5.67. The zero-order valence-corrected chi connectivity index (χ0v) is 16.5. The van der Waals surface area contributed by atoms with E-state index in [-0.39, 0.29) is 17.9 Å². The Morgan fingerprint density at radius 3 is 2.79 bits per heavy atom. The van der Waals surface area contributed by atoms with E-state index >= 15 is 0 Å². The maximum atomic E-state index is 12.7. The molecule has 28 heavy (non-hydrogen) atoms. The van der Waals surface area contributed by atoms with Crippen molar-refractivity contribution in [2.24, 2.45) is 5.92 Å². The van der Waals surface area contributed by atoms with Crippen molar-refractivity contribution >= 4 is 17.5 Å². The second-order valence-corrected chi connectivity index (χ2v) is 7.82. The molecule has 4 rings (SSSR count). The van der Waals surface area contributed by atoms with E-state index in [0.29, 0.717) is 13.2 Å². The van der Waals surface area contributed by atoms with Crippen molar-refractivity contribution in [1.29, 1.82) is 0 Å². The number of hydrogen-bond donors (Lipinski definition) is 1. The minimum absolute atomic E-state index is 0.00645. The number of amides is 1. The molecule has 148 valence electrons. The van der Waals surface area contributed by atoms with Crippen LogP contribution in [0, 0.1) is 5.92 Å². The fraction of sp³-hybridized carbons (Fsp3) is 0.409. The molecule has 0 bridgehead atoms. The van der Waals surface area contributed by atoms with Crippen LogP contribution in [-0.4, -0.2) is 43.2 Å². The maximum absolute atomic E-state index is 12.7. The summed E-state index contributed by atoms with van der Waals surface area (Å²) in [5, 5.41) is 3.83. The molecular formula is C22H25ClN2O3. The Morgan fingerprint density at radius 1 is 1.14 bits per heavy atom. The second kappa shape index (κ2) is 8.84. The van der Waals surface area contributed by atoms with Crippen LogP contribution in [0.4, 0.5) is 0 Å². The van der Waals surface area contributed by atoms with Gasteiger partial charge in [-0.3, -0.25) is 9.69 Å². The smallest absolute Gasteiger partial charge is 0.224 e. The highest BCUT2D eigenvalue weighted by atomic mass is 35.5. The SMILES string of the molecule is O=C(NCC1COc2ccccc2O1)C1CCCN(Cc2ccccc2Cl)C1. The lowest BCUT2D eigenvalue weighted by Crippen LogP contribution is -2.46. The van der Waals surface area contributed by atoms with Gasteiger partial charge in [-0.2, -0.15) is 0 Å². The van der Waals surface area contributed by atoms with Gasteiger partial charge in [-0.25, -0.2) is 0 Å². The van der Waals surface area contributed by atoms with E-state index in [0.717, 1.165) is 54.6 Å². The summed E-state index contributed by atoms with van der Waals surface area (Å²) in [6.07, 6.45) is 1.76. The number of nitrogens with one attached hydrogen (secondary N) is 1. The Labute approximate surface area is 170 Å². The molecular weight excluding hydrogens is 376 g/mol. The largest absolute Gasteiger partial charge is 0.486 e. The molecule has 0 spiro atoms. The predicted octanol–water partition coefficient (Wildman–Crippen LogP) is 3.51.